The van der Waals surface area contributed by atoms with Gasteiger partial charge in [-0.25, -0.2) is 0 Å². The van der Waals surface area contributed by atoms with Crippen LogP contribution < -0.4 is 23.7 Å². The van der Waals surface area contributed by atoms with E-state index in [1.165, 1.54) is 71.6 Å². The van der Waals surface area contributed by atoms with Gasteiger partial charge in [-0.05, 0) is 91.1 Å². The molecule has 0 bridgehead atoms. The van der Waals surface area contributed by atoms with Crippen LogP contribution in [0.15, 0.2) is 55.1 Å². The molecular formula is C50H72Br2N2O20. The van der Waals surface area contributed by atoms with Gasteiger partial charge >= 0.3 is 17.9 Å². The van der Waals surface area contributed by atoms with E-state index in [1.807, 2.05) is 6.92 Å². The molecule has 0 saturated carbocycles. The Labute approximate surface area is 449 Å². The van der Waals surface area contributed by atoms with Crippen LogP contribution in [0.2, 0.25) is 0 Å². The van der Waals surface area contributed by atoms with E-state index in [0.717, 1.165) is 17.1 Å². The molecule has 3 aromatic carbocycles. The van der Waals surface area contributed by atoms with Crippen LogP contribution in [-0.4, -0.2) is 127 Å². The number of rotatable bonds is 28. The number of aliphatic hydroxyl groups excluding tert-OH is 2. The van der Waals surface area contributed by atoms with Crippen LogP contribution in [0.3, 0.4) is 0 Å². The van der Waals surface area contributed by atoms with E-state index in [2.05, 4.69) is 43.2 Å². The number of hydrogen-bond acceptors (Lipinski definition) is 20. The minimum Gasteiger partial charge on any atom is -0.504 e. The highest BCUT2D eigenvalue weighted by molar-refractivity contribution is 9.09. The average molecular weight is 1180 g/mol. The van der Waals surface area contributed by atoms with E-state index in [9.17, 15) is 49.6 Å². The van der Waals surface area contributed by atoms with E-state index < -0.39 is 22.1 Å². The number of aromatic hydroxyl groups is 1. The minimum absolute atomic E-state index is 0.0440. The number of allylic oxidation sites excluding steroid dienone is 1. The van der Waals surface area contributed by atoms with E-state index in [1.54, 1.807) is 32.9 Å². The lowest BCUT2D eigenvalue weighted by Crippen LogP contribution is -2.09. The number of benzene rings is 3. The van der Waals surface area contributed by atoms with Gasteiger partial charge in [0.2, 0.25) is 0 Å². The van der Waals surface area contributed by atoms with Gasteiger partial charge in [-0.3, -0.25) is 39.4 Å². The molecule has 0 saturated heterocycles. The summed E-state index contributed by atoms with van der Waals surface area (Å²) < 4.78 is 45.9. The Hall–Kier alpha value is -6.08. The molecule has 24 heteroatoms. The Morgan fingerprint density at radius 2 is 1.09 bits per heavy atom. The molecule has 22 nitrogen and oxygen atoms in total. The molecule has 0 aliphatic carbocycles. The van der Waals surface area contributed by atoms with Crippen LogP contribution >= 0.6 is 31.9 Å². The normalized spacial score (nSPS) is 10.7. The first-order valence-electron chi connectivity index (χ1n) is 23.2. The number of nitrogens with zero attached hydrogens (tertiary/aromatic N) is 2. The number of ketones is 1. The van der Waals surface area contributed by atoms with Crippen LogP contribution in [-0.2, 0) is 33.3 Å². The molecule has 416 valence electrons. The Balaban J connectivity index is 0. The maximum atomic E-state index is 11.4. The van der Waals surface area contributed by atoms with E-state index >= 15 is 0 Å². The monoisotopic (exact) mass is 1180 g/mol. The number of nitro benzene ring substituents is 2. The number of phenolic OH excluding ortho intramolecular Hbond substituents is 1. The summed E-state index contributed by atoms with van der Waals surface area (Å²) in [5.74, 6) is 0.575. The van der Waals surface area contributed by atoms with Crippen molar-refractivity contribution in [2.75, 3.05) is 78.2 Å². The number of phenols is 1. The molecule has 0 spiro atoms. The summed E-state index contributed by atoms with van der Waals surface area (Å²) in [6.45, 7) is 14.6. The van der Waals surface area contributed by atoms with Crippen LogP contribution in [0, 0.1) is 20.2 Å². The highest BCUT2D eigenvalue weighted by atomic mass is 79.9. The van der Waals surface area contributed by atoms with Crippen molar-refractivity contribution in [1.29, 1.82) is 0 Å². The third kappa shape index (κ3) is 29.6. The quantitative estimate of drug-likeness (QED) is 0.00890. The highest BCUT2D eigenvalue weighted by Crippen LogP contribution is 2.39. The number of halogens is 2. The first-order chi connectivity index (χ1) is 35.2. The third-order valence-electron chi connectivity index (χ3n) is 9.06. The summed E-state index contributed by atoms with van der Waals surface area (Å²) in [4.78, 5) is 65.3. The zero-order valence-corrected chi connectivity index (χ0v) is 46.7. The minimum atomic E-state index is -1.01. The molecular weight excluding hydrogens is 1110 g/mol. The van der Waals surface area contributed by atoms with Crippen molar-refractivity contribution >= 4 is 66.9 Å². The van der Waals surface area contributed by atoms with Crippen molar-refractivity contribution in [3.8, 4) is 34.5 Å². The van der Waals surface area contributed by atoms with Gasteiger partial charge in [0.05, 0.1) is 113 Å². The lowest BCUT2D eigenvalue weighted by atomic mass is 10.1. The number of carbonyl (C=O) groups excluding carboxylic acids is 4. The fourth-order valence-corrected chi connectivity index (χ4v) is 5.86. The van der Waals surface area contributed by atoms with Crippen molar-refractivity contribution in [2.24, 2.45) is 0 Å². The van der Waals surface area contributed by atoms with Gasteiger partial charge in [-0.2, -0.15) is 0 Å². The molecule has 3 aromatic rings. The Morgan fingerprint density at radius 1 is 0.676 bits per heavy atom. The van der Waals surface area contributed by atoms with Gasteiger partial charge in [0.15, 0.2) is 40.3 Å². The molecule has 0 radical (unpaired) electrons. The summed E-state index contributed by atoms with van der Waals surface area (Å²) in [6, 6.07) is 9.86. The number of hydrogen-bond donors (Lipinski definition) is 3. The number of carbonyl (C=O) groups is 4. The fourth-order valence-electron chi connectivity index (χ4n) is 5.57. The second kappa shape index (κ2) is 42.3. The number of methoxy groups -OCH3 is 3. The predicted molar refractivity (Wildman–Crippen MR) is 282 cm³/mol. The summed E-state index contributed by atoms with van der Waals surface area (Å²) in [7, 11) is 4.27. The molecule has 2 unspecified atom stereocenters. The van der Waals surface area contributed by atoms with Crippen LogP contribution in [0.4, 0.5) is 11.4 Å². The molecule has 0 fully saturated rings. The van der Waals surface area contributed by atoms with Crippen molar-refractivity contribution in [3.05, 3.63) is 92.0 Å². The molecule has 74 heavy (non-hydrogen) atoms. The van der Waals surface area contributed by atoms with Crippen molar-refractivity contribution in [3.63, 3.8) is 0 Å². The van der Waals surface area contributed by atoms with Gasteiger partial charge in [0.1, 0.15) is 0 Å². The van der Waals surface area contributed by atoms with Gasteiger partial charge < -0.3 is 58.0 Å². The Morgan fingerprint density at radius 3 is 1.45 bits per heavy atom. The summed E-state index contributed by atoms with van der Waals surface area (Å²) in [6.07, 6.45) is 2.78. The summed E-state index contributed by atoms with van der Waals surface area (Å²) in [5.41, 5.74) is 0.576. The lowest BCUT2D eigenvalue weighted by Gasteiger charge is -2.16. The molecule has 2 atom stereocenters. The zero-order chi connectivity index (χ0) is 56.6. The maximum absolute atomic E-state index is 11.4. The first kappa shape index (κ1) is 70.0. The average Bonchev–Trinajstić information content (AvgIpc) is 3.37. The zero-order valence-electron chi connectivity index (χ0n) is 43.5. The van der Waals surface area contributed by atoms with Crippen molar-refractivity contribution in [2.45, 2.75) is 92.3 Å². The standard InChI is InChI=1S/C17H25NO8.C15H21NO7.C9H10O3.C6H11BrO2.C3H5Br/c1-4-24-17(20)6-5-8-26-16-11-14(18(21)22)13(10-15(16)23-3)12(2)25-9-7-19;1-4-22-15(18)6-5-7-23-14-9-12(16(19)20)11(10(2)17)8-13(14)21-3;1-6(10)7-3-4-8(11)9(5-7)12-2;1-2-9-6(8)4-3-5-7;1-2-3-4/h10-12,19H,4-9H2,1-3H3;8-10,17H,4-7H2,1-3H3;3-5,11H,1-2H3;2-5H2,1H3;2H,1,3H2. The van der Waals surface area contributed by atoms with Crippen molar-refractivity contribution < 1.29 is 87.0 Å². The molecule has 0 amide bonds. The smallest absolute Gasteiger partial charge is 0.305 e. The summed E-state index contributed by atoms with van der Waals surface area (Å²) in [5, 5.41) is 51.9. The Bertz CT molecular complexity index is 2160. The van der Waals surface area contributed by atoms with E-state index in [-0.39, 0.29) is 103 Å². The number of ether oxygens (including phenoxy) is 9. The Kier molecular flexibility index (Phi) is 40.0. The lowest BCUT2D eigenvalue weighted by molar-refractivity contribution is -0.386. The highest BCUT2D eigenvalue weighted by Gasteiger charge is 2.25. The third-order valence-corrected chi connectivity index (χ3v) is 10.1. The summed E-state index contributed by atoms with van der Waals surface area (Å²) >= 11 is 6.35. The second-order valence-corrected chi connectivity index (χ2v) is 16.0. The molecule has 0 aromatic heterocycles. The van der Waals surface area contributed by atoms with Gasteiger partial charge in [0, 0.05) is 35.5 Å². The van der Waals surface area contributed by atoms with Crippen molar-refractivity contribution in [1.82, 2.24) is 0 Å². The first-order valence-corrected chi connectivity index (χ1v) is 25.4. The number of nitro groups is 2. The molecule has 0 aliphatic heterocycles. The SMILES string of the molecule is C=CCBr.CCOC(=O)CCCBr.CCOC(=O)CCCOc1cc([N+](=O)[O-])c(C(C)O)cc1OC.CCOC(=O)CCCOc1cc([N+](=O)[O-])c(C(C)OCCO)cc1OC.COc1cc(C(C)=O)ccc1O. The van der Waals surface area contributed by atoms with Crippen LogP contribution in [0.25, 0.3) is 0 Å². The number of aliphatic hydroxyl groups is 2. The van der Waals surface area contributed by atoms with Gasteiger partial charge in [0.25, 0.3) is 11.4 Å². The molecule has 0 heterocycles. The molecule has 0 aliphatic rings. The maximum Gasteiger partial charge on any atom is 0.305 e. The second-order valence-electron chi connectivity index (χ2n) is 14.5. The predicted octanol–water partition coefficient (Wildman–Crippen LogP) is 9.67. The number of esters is 3. The molecule has 3 rings (SSSR count). The van der Waals surface area contributed by atoms with E-state index in [0.29, 0.717) is 61.7 Å². The van der Waals surface area contributed by atoms with Crippen LogP contribution in [0.1, 0.15) is 114 Å². The van der Waals surface area contributed by atoms with E-state index in [4.69, 9.17) is 43.0 Å². The topological polar surface area (TPSA) is 298 Å². The largest absolute Gasteiger partial charge is 0.504 e. The molecule has 3 N–H and O–H groups in total. The number of Topliss-reactive ketones (excluding diaryl/α,β-unsaturated/α-hetero) is 1. The van der Waals surface area contributed by atoms with Gasteiger partial charge in [-0.1, -0.05) is 37.9 Å². The number of alkyl halides is 2. The van der Waals surface area contributed by atoms with Gasteiger partial charge in [-0.15, -0.1) is 6.58 Å². The van der Waals surface area contributed by atoms with Crippen LogP contribution in [0.5, 0.6) is 34.5 Å². The fraction of sp³-hybridized carbons (Fsp3) is 0.520.